The Labute approximate surface area is 155 Å². The molecule has 1 atom stereocenters. The van der Waals surface area contributed by atoms with Gasteiger partial charge in [0.15, 0.2) is 0 Å². The van der Waals surface area contributed by atoms with E-state index >= 15 is 0 Å². The Hall–Kier alpha value is -1.76. The molecule has 0 aliphatic carbocycles. The molecule has 0 fully saturated rings. The number of ether oxygens (including phenoxy) is 2. The zero-order valence-corrected chi connectivity index (χ0v) is 15.9. The summed E-state index contributed by atoms with van der Waals surface area (Å²) < 4.78 is 12.5. The predicted octanol–water partition coefficient (Wildman–Crippen LogP) is 3.94. The van der Waals surface area contributed by atoms with Crippen molar-refractivity contribution < 1.29 is 14.3 Å². The van der Waals surface area contributed by atoms with E-state index in [1.54, 1.807) is 0 Å². The lowest BCUT2D eigenvalue weighted by Crippen LogP contribution is -2.24. The van der Waals surface area contributed by atoms with E-state index in [2.05, 4.69) is 34.8 Å². The average molecular weight is 437 g/mol. The first-order chi connectivity index (χ1) is 11.6. The maximum atomic E-state index is 12.4. The summed E-state index contributed by atoms with van der Waals surface area (Å²) in [6.07, 6.45) is 1.08. The Balaban J connectivity index is 1.78. The summed E-state index contributed by atoms with van der Waals surface area (Å²) in [5.74, 6) is 1.62. The third-order valence-electron chi connectivity index (χ3n) is 3.94. The van der Waals surface area contributed by atoms with Gasteiger partial charge in [0.25, 0.3) is 5.91 Å². The second-order valence-corrected chi connectivity index (χ2v) is 6.96. The van der Waals surface area contributed by atoms with E-state index in [0.29, 0.717) is 18.7 Å². The number of amides is 1. The van der Waals surface area contributed by atoms with Gasteiger partial charge in [-0.25, -0.2) is 0 Å². The molecule has 0 saturated heterocycles. The van der Waals surface area contributed by atoms with E-state index < -0.39 is 0 Å². The molecule has 4 nitrogen and oxygen atoms in total. The van der Waals surface area contributed by atoms with Gasteiger partial charge in [-0.15, -0.1) is 0 Å². The fraction of sp³-hybridized carbons (Fsp3) is 0.316. The van der Waals surface area contributed by atoms with Crippen LogP contribution in [0, 0.1) is 3.57 Å². The average Bonchev–Trinajstić information content (AvgIpc) is 2.92. The molecule has 1 aliphatic heterocycles. The van der Waals surface area contributed by atoms with Crippen molar-refractivity contribution in [2.75, 3.05) is 6.61 Å². The number of fused-ring (bicyclic) bond motifs is 1. The molecule has 5 heteroatoms. The summed E-state index contributed by atoms with van der Waals surface area (Å²) in [6, 6.07) is 11.6. The molecular formula is C19H20INO3. The summed E-state index contributed by atoms with van der Waals surface area (Å²) in [4.78, 5) is 12.4. The minimum absolute atomic E-state index is 0.0859. The molecule has 24 heavy (non-hydrogen) atoms. The molecule has 1 amide bonds. The van der Waals surface area contributed by atoms with E-state index in [9.17, 15) is 4.79 Å². The van der Waals surface area contributed by atoms with Gasteiger partial charge >= 0.3 is 0 Å². The van der Waals surface area contributed by atoms with Gasteiger partial charge < -0.3 is 14.8 Å². The molecule has 126 valence electrons. The molecule has 0 saturated carbocycles. The highest BCUT2D eigenvalue weighted by atomic mass is 127. The predicted molar refractivity (Wildman–Crippen MR) is 102 cm³/mol. The highest BCUT2D eigenvalue weighted by molar-refractivity contribution is 14.1. The second kappa shape index (κ2) is 7.42. The maximum absolute atomic E-state index is 12.4. The fourth-order valence-corrected chi connectivity index (χ4v) is 3.46. The van der Waals surface area contributed by atoms with Gasteiger partial charge in [-0.1, -0.05) is 12.1 Å². The zero-order valence-electron chi connectivity index (χ0n) is 13.8. The molecule has 1 aliphatic rings. The summed E-state index contributed by atoms with van der Waals surface area (Å²) in [5.41, 5.74) is 2.78. The first-order valence-electron chi connectivity index (χ1n) is 8.06. The maximum Gasteiger partial charge on any atom is 0.252 e. The van der Waals surface area contributed by atoms with Crippen molar-refractivity contribution in [1.29, 1.82) is 0 Å². The van der Waals surface area contributed by atoms with Crippen LogP contribution in [0.4, 0.5) is 0 Å². The molecule has 0 spiro atoms. The van der Waals surface area contributed by atoms with Gasteiger partial charge in [-0.3, -0.25) is 4.79 Å². The van der Waals surface area contributed by atoms with Gasteiger partial charge in [-0.05, 0) is 60.7 Å². The quantitative estimate of drug-likeness (QED) is 0.721. The molecule has 1 heterocycles. The topological polar surface area (TPSA) is 47.6 Å². The van der Waals surface area contributed by atoms with Crippen LogP contribution in [-0.2, 0) is 13.0 Å². The third kappa shape index (κ3) is 3.66. The van der Waals surface area contributed by atoms with Crippen molar-refractivity contribution in [3.05, 3.63) is 56.7 Å². The van der Waals surface area contributed by atoms with Crippen LogP contribution in [-0.4, -0.2) is 18.6 Å². The van der Waals surface area contributed by atoms with Crippen LogP contribution >= 0.6 is 22.6 Å². The molecule has 0 radical (unpaired) electrons. The Morgan fingerprint density at radius 1 is 1.38 bits per heavy atom. The lowest BCUT2D eigenvalue weighted by atomic mass is 10.1. The summed E-state index contributed by atoms with van der Waals surface area (Å²) in [6.45, 7) is 5.01. The number of benzene rings is 2. The Kier molecular flexibility index (Phi) is 5.28. The van der Waals surface area contributed by atoms with Gasteiger partial charge in [-0.2, -0.15) is 0 Å². The third-order valence-corrected chi connectivity index (χ3v) is 4.88. The Bertz CT molecular complexity index is 760. The van der Waals surface area contributed by atoms with Crippen LogP contribution in [0.15, 0.2) is 36.4 Å². The number of hydrogen-bond acceptors (Lipinski definition) is 3. The lowest BCUT2D eigenvalue weighted by Gasteiger charge is -2.13. The smallest absolute Gasteiger partial charge is 0.252 e. The standard InChI is InChI=1S/C19H20INO3/c1-3-23-17-9-13-8-12(2)24-18(13)10-14(17)11-21-19(22)15-6-4-5-7-16(15)20/h4-7,9-10,12H,3,8,11H2,1-2H3,(H,21,22). The molecule has 3 rings (SSSR count). The first kappa shape index (κ1) is 17.1. The van der Waals surface area contributed by atoms with Crippen molar-refractivity contribution in [2.45, 2.75) is 32.9 Å². The number of halogens is 1. The number of rotatable bonds is 5. The zero-order chi connectivity index (χ0) is 17.1. The van der Waals surface area contributed by atoms with Gasteiger partial charge in [0.2, 0.25) is 0 Å². The van der Waals surface area contributed by atoms with Crippen molar-refractivity contribution >= 4 is 28.5 Å². The summed E-state index contributed by atoms with van der Waals surface area (Å²) in [5, 5.41) is 2.98. The van der Waals surface area contributed by atoms with Gasteiger partial charge in [0.05, 0.1) is 12.2 Å². The summed E-state index contributed by atoms with van der Waals surface area (Å²) >= 11 is 2.17. The van der Waals surface area contributed by atoms with Crippen molar-refractivity contribution in [3.63, 3.8) is 0 Å². The highest BCUT2D eigenvalue weighted by Crippen LogP contribution is 2.35. The van der Waals surface area contributed by atoms with Crippen LogP contribution < -0.4 is 14.8 Å². The molecule has 2 aromatic rings. The van der Waals surface area contributed by atoms with Gasteiger partial charge in [0.1, 0.15) is 17.6 Å². The van der Waals surface area contributed by atoms with Crippen molar-refractivity contribution in [2.24, 2.45) is 0 Å². The number of hydrogen-bond donors (Lipinski definition) is 1. The monoisotopic (exact) mass is 437 g/mol. The van der Waals surface area contributed by atoms with E-state index in [-0.39, 0.29) is 12.0 Å². The SMILES string of the molecule is CCOc1cc2c(cc1CNC(=O)c1ccccc1I)OC(C)C2. The number of carbonyl (C=O) groups excluding carboxylic acids is 1. The molecular weight excluding hydrogens is 417 g/mol. The first-order valence-corrected chi connectivity index (χ1v) is 9.14. The van der Waals surface area contributed by atoms with Crippen LogP contribution in [0.25, 0.3) is 0 Å². The minimum Gasteiger partial charge on any atom is -0.494 e. The van der Waals surface area contributed by atoms with Crippen LogP contribution in [0.2, 0.25) is 0 Å². The van der Waals surface area contributed by atoms with Crippen molar-refractivity contribution in [1.82, 2.24) is 5.32 Å². The Morgan fingerprint density at radius 3 is 2.92 bits per heavy atom. The van der Waals surface area contributed by atoms with E-state index in [1.165, 1.54) is 5.56 Å². The summed E-state index contributed by atoms with van der Waals surface area (Å²) in [7, 11) is 0. The largest absolute Gasteiger partial charge is 0.494 e. The fourth-order valence-electron chi connectivity index (χ4n) is 2.83. The number of carbonyl (C=O) groups is 1. The lowest BCUT2D eigenvalue weighted by molar-refractivity contribution is 0.0949. The molecule has 2 aromatic carbocycles. The van der Waals surface area contributed by atoms with E-state index in [1.807, 2.05) is 43.3 Å². The molecule has 1 unspecified atom stereocenters. The second-order valence-electron chi connectivity index (χ2n) is 5.80. The van der Waals surface area contributed by atoms with E-state index in [0.717, 1.165) is 27.1 Å². The normalized spacial score (nSPS) is 15.5. The van der Waals surface area contributed by atoms with Crippen molar-refractivity contribution in [3.8, 4) is 11.5 Å². The minimum atomic E-state index is -0.0859. The molecule has 1 N–H and O–H groups in total. The Morgan fingerprint density at radius 2 is 2.17 bits per heavy atom. The van der Waals surface area contributed by atoms with Crippen LogP contribution in [0.5, 0.6) is 11.5 Å². The highest BCUT2D eigenvalue weighted by Gasteiger charge is 2.22. The van der Waals surface area contributed by atoms with Crippen LogP contribution in [0.3, 0.4) is 0 Å². The molecule has 0 aromatic heterocycles. The number of nitrogens with one attached hydrogen (secondary N) is 1. The van der Waals surface area contributed by atoms with Gasteiger partial charge in [0, 0.05) is 27.7 Å². The van der Waals surface area contributed by atoms with Crippen LogP contribution in [0.1, 0.15) is 35.3 Å². The van der Waals surface area contributed by atoms with E-state index in [4.69, 9.17) is 9.47 Å². The molecule has 0 bridgehead atoms.